The standard InChI is InChI=1S/C20H20ClN3O2S/c21-15-5-3-13(4-6-15)16-11-27-19-17(16)18(22-12-23-19)24-7-1-2-14(10-24)20-25-8-9-26-20/h3-6,11-12,14,20H,1-2,7-10H2/t14-/m1/s1. The summed E-state index contributed by atoms with van der Waals surface area (Å²) in [6.07, 6.45) is 3.83. The molecule has 1 atom stereocenters. The van der Waals surface area contributed by atoms with Crippen molar-refractivity contribution >= 4 is 39.0 Å². The SMILES string of the molecule is Clc1ccc(-c2csc3ncnc(N4CCC[C@@H](C5OCCO5)C4)c23)cc1. The van der Waals surface area contributed by atoms with E-state index in [-0.39, 0.29) is 6.29 Å². The van der Waals surface area contributed by atoms with Crippen molar-refractivity contribution in [3.05, 3.63) is 41.0 Å². The molecule has 5 rings (SSSR count). The molecule has 140 valence electrons. The first-order chi connectivity index (χ1) is 13.3. The van der Waals surface area contributed by atoms with E-state index in [9.17, 15) is 0 Å². The van der Waals surface area contributed by atoms with Gasteiger partial charge in [-0.2, -0.15) is 0 Å². The maximum Gasteiger partial charge on any atom is 0.162 e. The lowest BCUT2D eigenvalue weighted by molar-refractivity contribution is -0.0858. The highest BCUT2D eigenvalue weighted by atomic mass is 35.5. The van der Waals surface area contributed by atoms with Crippen molar-refractivity contribution in [2.45, 2.75) is 19.1 Å². The number of nitrogens with zero attached hydrogens (tertiary/aromatic N) is 3. The average molecular weight is 402 g/mol. The molecular formula is C20H20ClN3O2S. The van der Waals surface area contributed by atoms with Crippen molar-refractivity contribution in [1.82, 2.24) is 9.97 Å². The molecule has 4 heterocycles. The fourth-order valence-corrected chi connectivity index (χ4v) is 5.05. The van der Waals surface area contributed by atoms with Gasteiger partial charge >= 0.3 is 0 Å². The second kappa shape index (κ2) is 7.36. The first-order valence-corrected chi connectivity index (χ1v) is 10.5. The summed E-state index contributed by atoms with van der Waals surface area (Å²) in [6, 6.07) is 7.96. The van der Waals surface area contributed by atoms with Gasteiger partial charge < -0.3 is 14.4 Å². The summed E-state index contributed by atoms with van der Waals surface area (Å²) in [5.74, 6) is 1.39. The zero-order valence-corrected chi connectivity index (χ0v) is 16.4. The Morgan fingerprint density at radius 2 is 1.93 bits per heavy atom. The number of halogens is 1. The van der Waals surface area contributed by atoms with Gasteiger partial charge in [0.1, 0.15) is 17.0 Å². The van der Waals surface area contributed by atoms with Gasteiger partial charge in [0.2, 0.25) is 0 Å². The fraction of sp³-hybridized carbons (Fsp3) is 0.400. The molecule has 7 heteroatoms. The predicted molar refractivity (Wildman–Crippen MR) is 108 cm³/mol. The van der Waals surface area contributed by atoms with Crippen LogP contribution in [0.3, 0.4) is 0 Å². The molecule has 27 heavy (non-hydrogen) atoms. The highest BCUT2D eigenvalue weighted by Crippen LogP contribution is 2.39. The quantitative estimate of drug-likeness (QED) is 0.641. The van der Waals surface area contributed by atoms with Crippen molar-refractivity contribution < 1.29 is 9.47 Å². The highest BCUT2D eigenvalue weighted by molar-refractivity contribution is 7.17. The smallest absolute Gasteiger partial charge is 0.162 e. The maximum atomic E-state index is 6.07. The number of thiophene rings is 1. The Labute approximate surface area is 166 Å². The molecule has 5 nitrogen and oxygen atoms in total. The van der Waals surface area contributed by atoms with Gasteiger partial charge in [-0.25, -0.2) is 9.97 Å². The monoisotopic (exact) mass is 401 g/mol. The van der Waals surface area contributed by atoms with Crippen LogP contribution >= 0.6 is 22.9 Å². The van der Waals surface area contributed by atoms with Gasteiger partial charge in [0, 0.05) is 35.0 Å². The Hall–Kier alpha value is -1.73. The summed E-state index contributed by atoms with van der Waals surface area (Å²) >= 11 is 7.73. The molecule has 0 N–H and O–H groups in total. The summed E-state index contributed by atoms with van der Waals surface area (Å²) in [6.45, 7) is 3.28. The minimum atomic E-state index is -0.0802. The molecule has 2 aliphatic rings. The van der Waals surface area contributed by atoms with Crippen molar-refractivity contribution in [3.8, 4) is 11.1 Å². The molecule has 2 aromatic heterocycles. The number of rotatable bonds is 3. The lowest BCUT2D eigenvalue weighted by atomic mass is 9.97. The Kier molecular flexibility index (Phi) is 4.73. The second-order valence-corrected chi connectivity index (χ2v) is 8.29. The molecule has 1 aromatic carbocycles. The van der Waals surface area contributed by atoms with Crippen molar-refractivity contribution in [3.63, 3.8) is 0 Å². The van der Waals surface area contributed by atoms with Crippen LogP contribution in [0.2, 0.25) is 5.02 Å². The maximum absolute atomic E-state index is 6.07. The van der Waals surface area contributed by atoms with E-state index in [0.29, 0.717) is 19.1 Å². The van der Waals surface area contributed by atoms with E-state index in [1.165, 1.54) is 0 Å². The van der Waals surface area contributed by atoms with Crippen LogP contribution < -0.4 is 4.90 Å². The molecule has 0 saturated carbocycles. The van der Waals surface area contributed by atoms with Gasteiger partial charge in [0.05, 0.1) is 18.6 Å². The minimum Gasteiger partial charge on any atom is -0.355 e. The summed E-state index contributed by atoms with van der Waals surface area (Å²) in [5.41, 5.74) is 2.30. The lowest BCUT2D eigenvalue weighted by Gasteiger charge is -2.35. The van der Waals surface area contributed by atoms with Crippen LogP contribution in [0.25, 0.3) is 21.3 Å². The van der Waals surface area contributed by atoms with Crippen molar-refractivity contribution in [1.29, 1.82) is 0 Å². The summed E-state index contributed by atoms with van der Waals surface area (Å²) in [5, 5.41) is 4.03. The third kappa shape index (κ3) is 3.31. The first-order valence-electron chi connectivity index (χ1n) is 9.26. The Bertz CT molecular complexity index is 940. The average Bonchev–Trinajstić information content (AvgIpc) is 3.39. The number of aromatic nitrogens is 2. The van der Waals surface area contributed by atoms with Crippen LogP contribution in [0.5, 0.6) is 0 Å². The Balaban J connectivity index is 1.52. The second-order valence-electron chi connectivity index (χ2n) is 6.99. The molecule has 2 aliphatic heterocycles. The number of anilines is 1. The van der Waals surface area contributed by atoms with Crippen molar-refractivity contribution in [2.24, 2.45) is 5.92 Å². The van der Waals surface area contributed by atoms with Crippen LogP contribution in [0, 0.1) is 5.92 Å². The summed E-state index contributed by atoms with van der Waals surface area (Å²) in [7, 11) is 0. The van der Waals surface area contributed by atoms with Crippen LogP contribution in [-0.2, 0) is 9.47 Å². The van der Waals surface area contributed by atoms with Gasteiger partial charge in [-0.1, -0.05) is 23.7 Å². The van der Waals surface area contributed by atoms with E-state index >= 15 is 0 Å². The number of piperidine rings is 1. The van der Waals surface area contributed by atoms with E-state index in [2.05, 4.69) is 32.4 Å². The molecular weight excluding hydrogens is 382 g/mol. The van der Waals surface area contributed by atoms with Gasteiger partial charge in [0.25, 0.3) is 0 Å². The Morgan fingerprint density at radius 1 is 1.11 bits per heavy atom. The third-order valence-electron chi connectivity index (χ3n) is 5.30. The largest absolute Gasteiger partial charge is 0.355 e. The molecule has 0 aliphatic carbocycles. The molecule has 2 saturated heterocycles. The molecule has 0 bridgehead atoms. The number of ether oxygens (including phenoxy) is 2. The molecule has 0 unspecified atom stereocenters. The van der Waals surface area contributed by atoms with E-state index in [0.717, 1.165) is 58.1 Å². The number of benzene rings is 1. The molecule has 3 aromatic rings. The highest BCUT2D eigenvalue weighted by Gasteiger charge is 2.32. The molecule has 0 spiro atoms. The summed E-state index contributed by atoms with van der Waals surface area (Å²) < 4.78 is 11.5. The van der Waals surface area contributed by atoms with Crippen LogP contribution in [0.4, 0.5) is 5.82 Å². The van der Waals surface area contributed by atoms with E-state index in [4.69, 9.17) is 21.1 Å². The van der Waals surface area contributed by atoms with Crippen LogP contribution in [-0.4, -0.2) is 42.6 Å². The third-order valence-corrected chi connectivity index (χ3v) is 6.43. The lowest BCUT2D eigenvalue weighted by Crippen LogP contribution is -2.41. The molecule has 0 radical (unpaired) electrons. The van der Waals surface area contributed by atoms with Gasteiger partial charge in [-0.15, -0.1) is 11.3 Å². The van der Waals surface area contributed by atoms with Crippen LogP contribution in [0.15, 0.2) is 36.0 Å². The summed E-state index contributed by atoms with van der Waals surface area (Å²) in [4.78, 5) is 12.6. The van der Waals surface area contributed by atoms with Gasteiger partial charge in [0.15, 0.2) is 6.29 Å². The minimum absolute atomic E-state index is 0.0802. The topological polar surface area (TPSA) is 47.5 Å². The predicted octanol–water partition coefficient (Wildman–Crippen LogP) is 4.60. The van der Waals surface area contributed by atoms with Crippen LogP contribution in [0.1, 0.15) is 12.8 Å². The zero-order chi connectivity index (χ0) is 18.2. The Morgan fingerprint density at radius 3 is 2.74 bits per heavy atom. The fourth-order valence-electron chi connectivity index (χ4n) is 4.01. The van der Waals surface area contributed by atoms with Crippen molar-refractivity contribution in [2.75, 3.05) is 31.2 Å². The normalized spacial score (nSPS) is 21.2. The number of fused-ring (bicyclic) bond motifs is 1. The zero-order valence-electron chi connectivity index (χ0n) is 14.8. The number of hydrogen-bond donors (Lipinski definition) is 0. The van der Waals surface area contributed by atoms with Gasteiger partial charge in [-0.3, -0.25) is 0 Å². The number of hydrogen-bond acceptors (Lipinski definition) is 6. The van der Waals surface area contributed by atoms with E-state index in [1.54, 1.807) is 17.7 Å². The first kappa shape index (κ1) is 17.4. The van der Waals surface area contributed by atoms with E-state index < -0.39 is 0 Å². The van der Waals surface area contributed by atoms with Gasteiger partial charge in [-0.05, 0) is 30.5 Å². The molecule has 0 amide bonds. The van der Waals surface area contributed by atoms with E-state index in [1.807, 2.05) is 12.1 Å². The molecule has 2 fully saturated rings.